The number of hydrogen-bond acceptors (Lipinski definition) is 3. The van der Waals surface area contributed by atoms with E-state index in [9.17, 15) is 17.6 Å². The summed E-state index contributed by atoms with van der Waals surface area (Å²) in [6, 6.07) is 10.6. The molecule has 140 valence electrons. The van der Waals surface area contributed by atoms with Crippen LogP contribution in [0.15, 0.2) is 47.4 Å². The van der Waals surface area contributed by atoms with E-state index in [0.717, 1.165) is 0 Å². The molecule has 0 aliphatic heterocycles. The first-order valence-electron chi connectivity index (χ1n) is 8.32. The number of sulfonamides is 1. The van der Waals surface area contributed by atoms with Gasteiger partial charge in [0.15, 0.2) is 0 Å². The van der Waals surface area contributed by atoms with Crippen molar-refractivity contribution in [3.63, 3.8) is 0 Å². The van der Waals surface area contributed by atoms with Crippen LogP contribution in [0.4, 0.5) is 4.39 Å². The average molecular weight is 378 g/mol. The largest absolute Gasteiger partial charge is 0.348 e. The van der Waals surface area contributed by atoms with Crippen molar-refractivity contribution in [1.82, 2.24) is 10.0 Å². The number of aryl methyl sites for hydroxylation is 1. The van der Waals surface area contributed by atoms with Gasteiger partial charge in [-0.05, 0) is 48.2 Å². The third-order valence-corrected chi connectivity index (χ3v) is 5.20. The number of benzene rings is 2. The lowest BCUT2D eigenvalue weighted by atomic mass is 10.1. The molecule has 0 aliphatic carbocycles. The maximum absolute atomic E-state index is 13.6. The minimum atomic E-state index is -3.67. The monoisotopic (exact) mass is 378 g/mol. The fourth-order valence-corrected chi connectivity index (χ4v) is 3.45. The van der Waals surface area contributed by atoms with Crippen LogP contribution >= 0.6 is 0 Å². The molecule has 0 bridgehead atoms. The zero-order chi connectivity index (χ0) is 19.3. The molecule has 0 radical (unpaired) electrons. The molecule has 2 aromatic carbocycles. The summed E-state index contributed by atoms with van der Waals surface area (Å²) in [5.41, 5.74) is 1.39. The topological polar surface area (TPSA) is 75.3 Å². The van der Waals surface area contributed by atoms with Gasteiger partial charge < -0.3 is 5.32 Å². The van der Waals surface area contributed by atoms with Crippen LogP contribution in [0.25, 0.3) is 0 Å². The molecule has 2 N–H and O–H groups in total. The van der Waals surface area contributed by atoms with E-state index in [1.807, 2.05) is 13.8 Å². The van der Waals surface area contributed by atoms with Crippen LogP contribution in [0.3, 0.4) is 0 Å². The van der Waals surface area contributed by atoms with E-state index in [4.69, 9.17) is 0 Å². The number of halogens is 1. The van der Waals surface area contributed by atoms with Crippen LogP contribution in [-0.4, -0.2) is 20.9 Å². The second kappa shape index (κ2) is 8.42. The molecule has 26 heavy (non-hydrogen) atoms. The lowest BCUT2D eigenvalue weighted by Crippen LogP contribution is -2.28. The molecule has 0 atom stereocenters. The predicted molar refractivity (Wildman–Crippen MR) is 98.8 cm³/mol. The maximum atomic E-state index is 13.6. The van der Waals surface area contributed by atoms with Crippen molar-refractivity contribution in [2.75, 3.05) is 6.54 Å². The van der Waals surface area contributed by atoms with Crippen LogP contribution in [0.2, 0.25) is 0 Å². The first-order chi connectivity index (χ1) is 12.2. The van der Waals surface area contributed by atoms with Gasteiger partial charge in [0.1, 0.15) is 5.82 Å². The van der Waals surface area contributed by atoms with Crippen molar-refractivity contribution in [3.8, 4) is 0 Å². The Balaban J connectivity index is 2.08. The van der Waals surface area contributed by atoms with Crippen LogP contribution in [-0.2, 0) is 16.6 Å². The molecule has 2 rings (SSSR count). The third kappa shape index (κ3) is 5.37. The Morgan fingerprint density at radius 1 is 1.15 bits per heavy atom. The van der Waals surface area contributed by atoms with Gasteiger partial charge in [-0.2, -0.15) is 0 Å². The Labute approximate surface area is 153 Å². The van der Waals surface area contributed by atoms with Gasteiger partial charge in [-0.15, -0.1) is 0 Å². The van der Waals surface area contributed by atoms with Crippen molar-refractivity contribution in [1.29, 1.82) is 0 Å². The van der Waals surface area contributed by atoms with Crippen molar-refractivity contribution in [2.24, 2.45) is 5.92 Å². The molecule has 5 nitrogen and oxygen atoms in total. The van der Waals surface area contributed by atoms with E-state index < -0.39 is 15.9 Å². The molecule has 0 spiro atoms. The molecule has 0 fully saturated rings. The summed E-state index contributed by atoms with van der Waals surface area (Å²) in [6.07, 6.45) is 0. The molecule has 0 saturated carbocycles. The van der Waals surface area contributed by atoms with Gasteiger partial charge in [-0.25, -0.2) is 17.5 Å². The minimum Gasteiger partial charge on any atom is -0.348 e. The first-order valence-corrected chi connectivity index (χ1v) is 9.80. The standard InChI is InChI=1S/C19H23FN2O3S/c1-13(2)11-22-26(24,25)17-6-4-5-16(10-17)19(23)21-12-15-8-7-14(3)18(20)9-15/h4-10,13,22H,11-12H2,1-3H3,(H,21,23). The summed E-state index contributed by atoms with van der Waals surface area (Å²) in [4.78, 5) is 12.3. The number of carbonyl (C=O) groups excluding carboxylic acids is 1. The van der Waals surface area contributed by atoms with Gasteiger partial charge >= 0.3 is 0 Å². The summed E-state index contributed by atoms with van der Waals surface area (Å²) in [5, 5.41) is 2.67. The Morgan fingerprint density at radius 2 is 1.88 bits per heavy atom. The van der Waals surface area contributed by atoms with Gasteiger partial charge in [0.25, 0.3) is 5.91 Å². The zero-order valence-electron chi connectivity index (χ0n) is 15.0. The zero-order valence-corrected chi connectivity index (χ0v) is 15.9. The fourth-order valence-electron chi connectivity index (χ4n) is 2.19. The molecule has 0 aliphatic rings. The Morgan fingerprint density at radius 3 is 2.54 bits per heavy atom. The second-order valence-electron chi connectivity index (χ2n) is 6.54. The summed E-state index contributed by atoms with van der Waals surface area (Å²) in [5.74, 6) is -0.584. The van der Waals surface area contributed by atoms with E-state index in [-0.39, 0.29) is 28.7 Å². The maximum Gasteiger partial charge on any atom is 0.251 e. The van der Waals surface area contributed by atoms with Gasteiger partial charge in [0, 0.05) is 18.7 Å². The number of carbonyl (C=O) groups is 1. The SMILES string of the molecule is Cc1ccc(CNC(=O)c2cccc(S(=O)(=O)NCC(C)C)c2)cc1F. The Hall–Kier alpha value is -2.25. The second-order valence-corrected chi connectivity index (χ2v) is 8.31. The predicted octanol–water partition coefficient (Wildman–Crippen LogP) is 3.00. The summed E-state index contributed by atoms with van der Waals surface area (Å²) in [6.45, 7) is 5.94. The average Bonchev–Trinajstić information content (AvgIpc) is 2.61. The number of nitrogens with one attached hydrogen (secondary N) is 2. The number of amides is 1. The molecule has 1 amide bonds. The van der Waals surface area contributed by atoms with Crippen molar-refractivity contribution in [2.45, 2.75) is 32.2 Å². The number of rotatable bonds is 7. The summed E-state index contributed by atoms with van der Waals surface area (Å²) >= 11 is 0. The number of hydrogen-bond donors (Lipinski definition) is 2. The molecular weight excluding hydrogens is 355 g/mol. The van der Waals surface area contributed by atoms with E-state index in [1.165, 1.54) is 30.3 Å². The smallest absolute Gasteiger partial charge is 0.251 e. The van der Waals surface area contributed by atoms with Crippen molar-refractivity contribution >= 4 is 15.9 Å². The van der Waals surface area contributed by atoms with Crippen LogP contribution in [0.5, 0.6) is 0 Å². The lowest BCUT2D eigenvalue weighted by Gasteiger charge is -2.10. The molecule has 2 aromatic rings. The molecular formula is C19H23FN2O3S. The molecule has 0 heterocycles. The van der Waals surface area contributed by atoms with E-state index >= 15 is 0 Å². The van der Waals surface area contributed by atoms with Crippen molar-refractivity contribution < 1.29 is 17.6 Å². The minimum absolute atomic E-state index is 0.0344. The third-order valence-electron chi connectivity index (χ3n) is 3.78. The molecule has 0 saturated heterocycles. The van der Waals surface area contributed by atoms with Crippen molar-refractivity contribution in [3.05, 3.63) is 65.0 Å². The highest BCUT2D eigenvalue weighted by Gasteiger charge is 2.16. The quantitative estimate of drug-likeness (QED) is 0.778. The van der Waals surface area contributed by atoms with Crippen LogP contribution in [0, 0.1) is 18.7 Å². The van der Waals surface area contributed by atoms with Gasteiger partial charge in [-0.1, -0.05) is 32.0 Å². The Bertz CT molecular complexity index is 895. The highest BCUT2D eigenvalue weighted by Crippen LogP contribution is 2.13. The highest BCUT2D eigenvalue weighted by molar-refractivity contribution is 7.89. The first kappa shape index (κ1) is 20.1. The van der Waals surface area contributed by atoms with E-state index in [1.54, 1.807) is 19.1 Å². The van der Waals surface area contributed by atoms with Gasteiger partial charge in [0.2, 0.25) is 10.0 Å². The molecule has 0 aromatic heterocycles. The molecule has 0 unspecified atom stereocenters. The van der Waals surface area contributed by atoms with E-state index in [2.05, 4.69) is 10.0 Å². The summed E-state index contributed by atoms with van der Waals surface area (Å²) < 4.78 is 40.6. The lowest BCUT2D eigenvalue weighted by molar-refractivity contribution is 0.0950. The van der Waals surface area contributed by atoms with Crippen LogP contribution in [0.1, 0.15) is 35.3 Å². The van der Waals surface area contributed by atoms with Gasteiger partial charge in [0.05, 0.1) is 4.90 Å². The highest BCUT2D eigenvalue weighted by atomic mass is 32.2. The van der Waals surface area contributed by atoms with Gasteiger partial charge in [-0.3, -0.25) is 4.79 Å². The summed E-state index contributed by atoms with van der Waals surface area (Å²) in [7, 11) is -3.67. The fraction of sp³-hybridized carbons (Fsp3) is 0.316. The van der Waals surface area contributed by atoms with E-state index in [0.29, 0.717) is 17.7 Å². The van der Waals surface area contributed by atoms with Crippen LogP contribution < -0.4 is 10.0 Å². The Kier molecular flexibility index (Phi) is 6.50. The normalized spacial score (nSPS) is 11.6. The molecule has 7 heteroatoms.